The Hall–Kier alpha value is 0.01000. The standard InChI is InChI=1S/C6H9Cl2NO2/c1-5(4(10)11)6(7,8)2-3-9-5/h9H,2-3H2,1H3,(H,10,11)/t5-/m1/s1. The molecule has 1 atom stereocenters. The summed E-state index contributed by atoms with van der Waals surface area (Å²) < 4.78 is -1.20. The molecule has 1 rings (SSSR count). The third kappa shape index (κ3) is 1.21. The highest BCUT2D eigenvalue weighted by Gasteiger charge is 2.55. The number of hydrogen-bond donors (Lipinski definition) is 2. The minimum absolute atomic E-state index is 0.457. The number of alkyl halides is 2. The SMILES string of the molecule is C[C@]1(C(=O)O)NCCC1(Cl)Cl. The molecule has 0 bridgehead atoms. The number of hydrogen-bond acceptors (Lipinski definition) is 2. The first kappa shape index (κ1) is 9.10. The van der Waals surface area contributed by atoms with Crippen molar-refractivity contribution < 1.29 is 9.90 Å². The fourth-order valence-electron chi connectivity index (χ4n) is 1.08. The van der Waals surface area contributed by atoms with Gasteiger partial charge in [0.1, 0.15) is 9.87 Å². The first-order chi connectivity index (χ1) is 4.90. The summed E-state index contributed by atoms with van der Waals surface area (Å²) in [6.45, 7) is 2.03. The van der Waals surface area contributed by atoms with Crippen molar-refractivity contribution in [2.24, 2.45) is 0 Å². The van der Waals surface area contributed by atoms with Crippen LogP contribution in [0, 0.1) is 0 Å². The third-order valence-corrected chi connectivity index (χ3v) is 3.21. The second-order valence-corrected chi connectivity index (χ2v) is 4.30. The van der Waals surface area contributed by atoms with E-state index in [0.29, 0.717) is 13.0 Å². The van der Waals surface area contributed by atoms with Crippen molar-refractivity contribution in [2.45, 2.75) is 23.2 Å². The van der Waals surface area contributed by atoms with Crippen molar-refractivity contribution in [2.75, 3.05) is 6.54 Å². The average molecular weight is 198 g/mol. The van der Waals surface area contributed by atoms with Gasteiger partial charge in [-0.2, -0.15) is 0 Å². The van der Waals surface area contributed by atoms with Gasteiger partial charge in [-0.15, -0.1) is 0 Å². The van der Waals surface area contributed by atoms with Crippen LogP contribution in [0.5, 0.6) is 0 Å². The van der Waals surface area contributed by atoms with Crippen LogP contribution in [-0.4, -0.2) is 27.5 Å². The highest BCUT2D eigenvalue weighted by molar-refractivity contribution is 6.50. The first-order valence-electron chi connectivity index (χ1n) is 3.26. The van der Waals surface area contributed by atoms with E-state index in [-0.39, 0.29) is 0 Å². The van der Waals surface area contributed by atoms with Crippen LogP contribution in [0.1, 0.15) is 13.3 Å². The van der Waals surface area contributed by atoms with Gasteiger partial charge in [0.05, 0.1) is 0 Å². The molecule has 1 heterocycles. The van der Waals surface area contributed by atoms with Crippen LogP contribution >= 0.6 is 23.2 Å². The van der Waals surface area contributed by atoms with Crippen LogP contribution in [0.25, 0.3) is 0 Å². The van der Waals surface area contributed by atoms with Crippen LogP contribution in [0.15, 0.2) is 0 Å². The predicted molar refractivity (Wildman–Crippen MR) is 43.1 cm³/mol. The summed E-state index contributed by atoms with van der Waals surface area (Å²) in [5, 5.41) is 11.5. The van der Waals surface area contributed by atoms with Crippen molar-refractivity contribution in [1.82, 2.24) is 5.32 Å². The van der Waals surface area contributed by atoms with Crippen LogP contribution in [0.4, 0.5) is 0 Å². The van der Waals surface area contributed by atoms with E-state index in [0.717, 1.165) is 0 Å². The molecule has 2 N–H and O–H groups in total. The Morgan fingerprint density at radius 3 is 2.36 bits per heavy atom. The van der Waals surface area contributed by atoms with E-state index in [4.69, 9.17) is 28.3 Å². The normalized spacial score (nSPS) is 35.5. The van der Waals surface area contributed by atoms with Gasteiger partial charge in [0.25, 0.3) is 0 Å². The lowest BCUT2D eigenvalue weighted by Gasteiger charge is -2.28. The molecule has 0 aromatic rings. The highest BCUT2D eigenvalue weighted by Crippen LogP contribution is 2.41. The predicted octanol–water partition coefficient (Wildman–Crippen LogP) is 0.997. The number of halogens is 2. The van der Waals surface area contributed by atoms with E-state index in [1.165, 1.54) is 6.92 Å². The van der Waals surface area contributed by atoms with Gasteiger partial charge in [-0.3, -0.25) is 10.1 Å². The lowest BCUT2D eigenvalue weighted by atomic mass is 10.00. The maximum Gasteiger partial charge on any atom is 0.326 e. The van der Waals surface area contributed by atoms with Gasteiger partial charge in [-0.1, -0.05) is 23.2 Å². The fraction of sp³-hybridized carbons (Fsp3) is 0.833. The largest absolute Gasteiger partial charge is 0.480 e. The van der Waals surface area contributed by atoms with Crippen molar-refractivity contribution in [3.63, 3.8) is 0 Å². The Morgan fingerprint density at radius 1 is 1.64 bits per heavy atom. The fourth-order valence-corrected chi connectivity index (χ4v) is 1.57. The molecule has 0 saturated carbocycles. The van der Waals surface area contributed by atoms with Crippen molar-refractivity contribution in [3.05, 3.63) is 0 Å². The van der Waals surface area contributed by atoms with Crippen LogP contribution in [-0.2, 0) is 4.79 Å². The average Bonchev–Trinajstić information content (AvgIpc) is 2.09. The van der Waals surface area contributed by atoms with Gasteiger partial charge >= 0.3 is 5.97 Å². The molecule has 1 aliphatic rings. The second kappa shape index (κ2) is 2.51. The summed E-state index contributed by atoms with van der Waals surface area (Å²) in [4.78, 5) is 10.7. The zero-order valence-corrected chi connectivity index (χ0v) is 7.54. The van der Waals surface area contributed by atoms with Gasteiger partial charge in [-0.25, -0.2) is 0 Å². The Balaban J connectivity index is 2.93. The van der Waals surface area contributed by atoms with Crippen molar-refractivity contribution >= 4 is 29.2 Å². The van der Waals surface area contributed by atoms with E-state index < -0.39 is 15.8 Å². The van der Waals surface area contributed by atoms with E-state index in [9.17, 15) is 4.79 Å². The zero-order chi connectivity index (χ0) is 8.70. The molecule has 11 heavy (non-hydrogen) atoms. The molecule has 0 aromatic carbocycles. The molecule has 5 heteroatoms. The highest BCUT2D eigenvalue weighted by atomic mass is 35.5. The maximum absolute atomic E-state index is 10.7. The molecule has 0 aliphatic carbocycles. The molecule has 3 nitrogen and oxygen atoms in total. The molecule has 1 fully saturated rings. The summed E-state index contributed by atoms with van der Waals surface area (Å²) in [6, 6.07) is 0. The molecule has 0 unspecified atom stereocenters. The summed E-state index contributed by atoms with van der Waals surface area (Å²) in [5.74, 6) is -1.01. The molecule has 0 radical (unpaired) electrons. The molecule has 1 aliphatic heterocycles. The molecule has 64 valence electrons. The van der Waals surface area contributed by atoms with E-state index in [2.05, 4.69) is 5.32 Å². The van der Waals surface area contributed by atoms with Gasteiger partial charge in [0.2, 0.25) is 0 Å². The number of carboxylic acids is 1. The number of carbonyl (C=O) groups is 1. The minimum atomic E-state index is -1.21. The lowest BCUT2D eigenvalue weighted by molar-refractivity contribution is -0.143. The number of rotatable bonds is 1. The quantitative estimate of drug-likeness (QED) is 0.618. The Labute approximate surface area is 74.7 Å². The van der Waals surface area contributed by atoms with Crippen LogP contribution < -0.4 is 5.32 Å². The van der Waals surface area contributed by atoms with Gasteiger partial charge < -0.3 is 5.11 Å². The van der Waals surface area contributed by atoms with Gasteiger partial charge in [0.15, 0.2) is 0 Å². The minimum Gasteiger partial charge on any atom is -0.480 e. The second-order valence-electron chi connectivity index (χ2n) is 2.81. The smallest absolute Gasteiger partial charge is 0.326 e. The van der Waals surface area contributed by atoms with E-state index in [1.807, 2.05) is 0 Å². The summed E-state index contributed by atoms with van der Waals surface area (Å²) >= 11 is 11.6. The summed E-state index contributed by atoms with van der Waals surface area (Å²) in [7, 11) is 0. The van der Waals surface area contributed by atoms with E-state index >= 15 is 0 Å². The zero-order valence-electron chi connectivity index (χ0n) is 6.03. The number of carboxylic acid groups (broad SMARTS) is 1. The first-order valence-corrected chi connectivity index (χ1v) is 4.02. The maximum atomic E-state index is 10.7. The van der Waals surface area contributed by atoms with Gasteiger partial charge in [-0.05, 0) is 19.9 Å². The number of aliphatic carboxylic acids is 1. The topological polar surface area (TPSA) is 49.3 Å². The Morgan fingerprint density at radius 2 is 2.18 bits per heavy atom. The van der Waals surface area contributed by atoms with Crippen LogP contribution in [0.2, 0.25) is 0 Å². The van der Waals surface area contributed by atoms with Gasteiger partial charge in [0, 0.05) is 0 Å². The van der Waals surface area contributed by atoms with E-state index in [1.54, 1.807) is 0 Å². The summed E-state index contributed by atoms with van der Waals surface area (Å²) in [6.07, 6.45) is 0.457. The van der Waals surface area contributed by atoms with Crippen LogP contribution in [0.3, 0.4) is 0 Å². The Kier molecular flexibility index (Phi) is 2.07. The molecule has 0 aromatic heterocycles. The summed E-state index contributed by atoms with van der Waals surface area (Å²) in [5.41, 5.74) is -1.21. The molecule has 1 saturated heterocycles. The molecule has 0 spiro atoms. The number of nitrogens with one attached hydrogen (secondary N) is 1. The third-order valence-electron chi connectivity index (χ3n) is 2.08. The molecular weight excluding hydrogens is 189 g/mol. The Bertz CT molecular complexity index is 195. The lowest BCUT2D eigenvalue weighted by Crippen LogP contribution is -2.54. The van der Waals surface area contributed by atoms with Crippen molar-refractivity contribution in [3.8, 4) is 0 Å². The molecular formula is C6H9Cl2NO2. The monoisotopic (exact) mass is 197 g/mol. The van der Waals surface area contributed by atoms with Crippen molar-refractivity contribution in [1.29, 1.82) is 0 Å². The molecule has 0 amide bonds.